The molecule has 0 spiro atoms. The van der Waals surface area contributed by atoms with Crippen molar-refractivity contribution in [3.8, 4) is 11.1 Å². The SMILES string of the molecule is Cn1c(C(=O)Nc2cccc(-c3cccc(NC(=O)c4nc5c(n4C)CCNC5)c3Cl)c2Cl)nc2c1CCC(CCC[C@H]1CC[C@H](C(=O)O)CC1)CCC2. The number of hydrogen-bond donors (Lipinski definition) is 4. The van der Waals surface area contributed by atoms with Crippen molar-refractivity contribution in [3.63, 3.8) is 0 Å². The second-order valence-electron chi connectivity index (χ2n) is 15.2. The highest BCUT2D eigenvalue weighted by Crippen LogP contribution is 2.41. The Labute approximate surface area is 326 Å². The number of nitrogens with zero attached hydrogens (tertiary/aromatic N) is 4. The van der Waals surface area contributed by atoms with E-state index in [1.807, 2.05) is 41.4 Å². The third-order valence-corrected chi connectivity index (χ3v) is 12.7. The van der Waals surface area contributed by atoms with Crippen LogP contribution in [0.25, 0.3) is 11.1 Å². The summed E-state index contributed by atoms with van der Waals surface area (Å²) in [4.78, 5) is 47.8. The Morgan fingerprint density at radius 3 is 1.89 bits per heavy atom. The number of fused-ring (bicyclic) bond motifs is 2. The number of carbonyl (C=O) groups is 3. The Balaban J connectivity index is 0.992. The van der Waals surface area contributed by atoms with Crippen LogP contribution in [-0.2, 0) is 44.7 Å². The number of aliphatic carboxylic acids is 1. The first-order valence-corrected chi connectivity index (χ1v) is 20.1. The van der Waals surface area contributed by atoms with E-state index >= 15 is 0 Å². The highest BCUT2D eigenvalue weighted by Gasteiger charge is 2.28. The maximum atomic E-state index is 13.7. The summed E-state index contributed by atoms with van der Waals surface area (Å²) in [7, 11) is 3.77. The maximum absolute atomic E-state index is 13.7. The molecule has 2 aromatic carbocycles. The van der Waals surface area contributed by atoms with Crippen molar-refractivity contribution in [2.45, 2.75) is 90.0 Å². The quantitative estimate of drug-likeness (QED) is 0.127. The number of aromatic nitrogens is 4. The summed E-state index contributed by atoms with van der Waals surface area (Å²) < 4.78 is 3.77. The van der Waals surface area contributed by atoms with Gasteiger partial charge in [-0.05, 0) is 75.3 Å². The average Bonchev–Trinajstić information content (AvgIpc) is 3.66. The number of nitrogens with one attached hydrogen (secondary N) is 3. The standard InChI is InChI=1S/C41H49Cl2N7O4/c1-49-33-20-17-24(7-3-8-25-15-18-26(19-16-25)41(53)54)9-4-12-29(33)45-37(49)39(51)47-30-13-5-10-27(35(30)42)28-11-6-14-31(36(28)43)48-40(52)38-46-32-23-44-22-21-34(32)50(38)2/h5-6,10-11,13-14,24-26,44H,3-4,7-9,12,15-23H2,1-2H3,(H,47,51)(H,48,52)(H,53,54)/t24?,25-,26-. The first-order valence-electron chi connectivity index (χ1n) is 19.3. The van der Waals surface area contributed by atoms with E-state index in [1.54, 1.807) is 18.2 Å². The van der Waals surface area contributed by atoms with Crippen molar-refractivity contribution in [1.29, 1.82) is 0 Å². The van der Waals surface area contributed by atoms with E-state index in [1.165, 1.54) is 19.3 Å². The molecule has 1 aliphatic heterocycles. The molecule has 286 valence electrons. The third-order valence-electron chi connectivity index (χ3n) is 11.9. The predicted molar refractivity (Wildman–Crippen MR) is 211 cm³/mol. The van der Waals surface area contributed by atoms with Crippen molar-refractivity contribution in [1.82, 2.24) is 24.4 Å². The van der Waals surface area contributed by atoms with Gasteiger partial charge in [-0.3, -0.25) is 14.4 Å². The number of carboxylic acids is 1. The second kappa shape index (κ2) is 16.7. The van der Waals surface area contributed by atoms with E-state index in [-0.39, 0.29) is 17.7 Å². The van der Waals surface area contributed by atoms with E-state index in [0.29, 0.717) is 62.6 Å². The minimum atomic E-state index is -0.638. The zero-order chi connectivity index (χ0) is 37.9. The first kappa shape index (κ1) is 38.1. The maximum Gasteiger partial charge on any atom is 0.306 e. The van der Waals surface area contributed by atoms with Gasteiger partial charge in [-0.25, -0.2) is 9.97 Å². The molecule has 11 nitrogen and oxygen atoms in total. The Kier molecular flexibility index (Phi) is 11.8. The lowest BCUT2D eigenvalue weighted by Crippen LogP contribution is -2.24. The fraction of sp³-hybridized carbons (Fsp3) is 0.488. The molecule has 2 aromatic heterocycles. The number of rotatable bonds is 10. The van der Waals surface area contributed by atoms with Crippen LogP contribution >= 0.6 is 23.2 Å². The lowest BCUT2D eigenvalue weighted by atomic mass is 9.79. The van der Waals surface area contributed by atoms with Crippen LogP contribution in [0.3, 0.4) is 0 Å². The van der Waals surface area contributed by atoms with Gasteiger partial charge in [0, 0.05) is 56.1 Å². The van der Waals surface area contributed by atoms with E-state index in [4.69, 9.17) is 28.2 Å². The van der Waals surface area contributed by atoms with E-state index in [0.717, 1.165) is 93.5 Å². The average molecular weight is 775 g/mol. The molecule has 7 rings (SSSR count). The molecule has 3 heterocycles. The summed E-state index contributed by atoms with van der Waals surface area (Å²) in [6.45, 7) is 1.47. The Hall–Kier alpha value is -4.19. The number of aryl methyl sites for hydroxylation is 1. The van der Waals surface area contributed by atoms with E-state index in [9.17, 15) is 19.5 Å². The molecule has 4 aromatic rings. The van der Waals surface area contributed by atoms with Crippen LogP contribution in [0.1, 0.15) is 108 Å². The Morgan fingerprint density at radius 2 is 1.31 bits per heavy atom. The summed E-state index contributed by atoms with van der Waals surface area (Å²) in [5.41, 5.74) is 6.11. The Morgan fingerprint density at radius 1 is 0.759 bits per heavy atom. The molecule has 1 fully saturated rings. The molecule has 1 saturated carbocycles. The number of amides is 2. The van der Waals surface area contributed by atoms with Crippen molar-refractivity contribution >= 4 is 52.4 Å². The first-order chi connectivity index (χ1) is 26.1. The van der Waals surface area contributed by atoms with Gasteiger partial charge in [-0.15, -0.1) is 0 Å². The van der Waals surface area contributed by atoms with Gasteiger partial charge >= 0.3 is 5.97 Å². The van der Waals surface area contributed by atoms with Crippen LogP contribution in [0.15, 0.2) is 36.4 Å². The van der Waals surface area contributed by atoms with Crippen molar-refractivity contribution in [3.05, 3.63) is 80.9 Å². The zero-order valence-electron chi connectivity index (χ0n) is 31.0. The van der Waals surface area contributed by atoms with Gasteiger partial charge in [-0.2, -0.15) is 0 Å². The molecule has 13 heteroatoms. The van der Waals surface area contributed by atoms with Crippen molar-refractivity contribution in [2.24, 2.45) is 31.8 Å². The highest BCUT2D eigenvalue weighted by molar-refractivity contribution is 6.40. The minimum absolute atomic E-state index is 0.153. The van der Waals surface area contributed by atoms with Crippen molar-refractivity contribution < 1.29 is 19.5 Å². The van der Waals surface area contributed by atoms with Gasteiger partial charge in [0.25, 0.3) is 11.8 Å². The molecule has 0 bridgehead atoms. The van der Waals surface area contributed by atoms with Crippen LogP contribution in [0.2, 0.25) is 10.0 Å². The van der Waals surface area contributed by atoms with Gasteiger partial charge < -0.3 is 30.2 Å². The lowest BCUT2D eigenvalue weighted by molar-refractivity contribution is -0.143. The molecule has 2 amide bonds. The predicted octanol–water partition coefficient (Wildman–Crippen LogP) is 8.22. The summed E-state index contributed by atoms with van der Waals surface area (Å²) in [6.07, 6.45) is 13.0. The fourth-order valence-electron chi connectivity index (χ4n) is 8.72. The highest BCUT2D eigenvalue weighted by atomic mass is 35.5. The molecular formula is C41H49Cl2N7O4. The van der Waals surface area contributed by atoms with Gasteiger partial charge in [0.05, 0.1) is 38.7 Å². The molecule has 0 saturated heterocycles. The van der Waals surface area contributed by atoms with E-state index < -0.39 is 5.97 Å². The number of hydrogen-bond acceptors (Lipinski definition) is 6. The molecular weight excluding hydrogens is 725 g/mol. The molecule has 54 heavy (non-hydrogen) atoms. The lowest BCUT2D eigenvalue weighted by Gasteiger charge is -2.27. The summed E-state index contributed by atoms with van der Waals surface area (Å²) in [6, 6.07) is 10.8. The van der Waals surface area contributed by atoms with Gasteiger partial charge in [0.2, 0.25) is 0 Å². The monoisotopic (exact) mass is 773 g/mol. The smallest absolute Gasteiger partial charge is 0.306 e. The normalized spacial score (nSPS) is 20.0. The minimum Gasteiger partial charge on any atom is -0.481 e. The Bertz CT molecular complexity index is 2050. The molecule has 4 N–H and O–H groups in total. The number of carbonyl (C=O) groups excluding carboxylic acids is 2. The van der Waals surface area contributed by atoms with Crippen LogP contribution in [-0.4, -0.2) is 48.5 Å². The number of benzene rings is 2. The fourth-order valence-corrected chi connectivity index (χ4v) is 9.27. The molecule has 2 aliphatic carbocycles. The molecule has 0 radical (unpaired) electrons. The van der Waals surface area contributed by atoms with Crippen molar-refractivity contribution in [2.75, 3.05) is 17.2 Å². The largest absolute Gasteiger partial charge is 0.481 e. The summed E-state index contributed by atoms with van der Waals surface area (Å²) in [5.74, 6) is 0.484. The number of anilines is 2. The number of imidazole rings is 2. The van der Waals surface area contributed by atoms with Gasteiger partial charge in [0.15, 0.2) is 11.6 Å². The van der Waals surface area contributed by atoms with E-state index in [2.05, 4.69) is 20.9 Å². The van der Waals surface area contributed by atoms with Crippen LogP contribution in [0.5, 0.6) is 0 Å². The molecule has 3 aliphatic rings. The molecule has 1 atom stereocenters. The topological polar surface area (TPSA) is 143 Å². The second-order valence-corrected chi connectivity index (χ2v) is 16.0. The molecule has 1 unspecified atom stereocenters. The van der Waals surface area contributed by atoms with Crippen LogP contribution in [0, 0.1) is 17.8 Å². The number of halogens is 2. The van der Waals surface area contributed by atoms with Crippen LogP contribution < -0.4 is 16.0 Å². The number of carboxylic acid groups (broad SMARTS) is 1. The zero-order valence-corrected chi connectivity index (χ0v) is 32.5. The third kappa shape index (κ3) is 8.09. The summed E-state index contributed by atoms with van der Waals surface area (Å²) >= 11 is 13.9. The van der Waals surface area contributed by atoms with Gasteiger partial charge in [0.1, 0.15) is 0 Å². The summed E-state index contributed by atoms with van der Waals surface area (Å²) in [5, 5.41) is 19.2. The van der Waals surface area contributed by atoms with Crippen LogP contribution in [0.4, 0.5) is 11.4 Å². The van der Waals surface area contributed by atoms with Gasteiger partial charge in [-0.1, -0.05) is 73.2 Å².